The molecule has 7 rings (SSSR count). The molecule has 1 atom stereocenters. The Bertz CT molecular complexity index is 1970. The van der Waals surface area contributed by atoms with E-state index < -0.39 is 0 Å². The predicted molar refractivity (Wildman–Crippen MR) is 184 cm³/mol. The molecular formula is C35H41N11O2. The van der Waals surface area contributed by atoms with Crippen LogP contribution in [0.25, 0.3) is 39.3 Å². The molecule has 0 aliphatic carbocycles. The predicted octanol–water partition coefficient (Wildman–Crippen LogP) is 4.19. The summed E-state index contributed by atoms with van der Waals surface area (Å²) in [5, 5.41) is 16.4. The molecule has 13 nitrogen and oxygen atoms in total. The van der Waals surface area contributed by atoms with Gasteiger partial charge < -0.3 is 4.90 Å². The lowest BCUT2D eigenvalue weighted by atomic mass is 9.98. The number of aryl methyl sites for hydroxylation is 1. The Labute approximate surface area is 279 Å². The third-order valence-electron chi connectivity index (χ3n) is 9.31. The number of anilines is 1. The molecule has 2 aliphatic rings. The van der Waals surface area contributed by atoms with Crippen LogP contribution in [-0.4, -0.2) is 101 Å². The minimum absolute atomic E-state index is 0.0346. The van der Waals surface area contributed by atoms with E-state index in [2.05, 4.69) is 62.3 Å². The second kappa shape index (κ2) is 13.1. The largest absolute Gasteiger partial charge is 0.338 e. The van der Waals surface area contributed by atoms with Crippen LogP contribution in [0.4, 0.5) is 5.82 Å². The number of hydrogen-bond donors (Lipinski definition) is 1. The molecule has 0 spiro atoms. The third-order valence-corrected chi connectivity index (χ3v) is 9.31. The van der Waals surface area contributed by atoms with Crippen LogP contribution in [0.5, 0.6) is 0 Å². The van der Waals surface area contributed by atoms with E-state index in [4.69, 9.17) is 4.98 Å². The van der Waals surface area contributed by atoms with Crippen LogP contribution < -0.4 is 4.90 Å². The van der Waals surface area contributed by atoms with E-state index in [1.807, 2.05) is 54.0 Å². The van der Waals surface area contributed by atoms with Crippen molar-refractivity contribution < 1.29 is 9.59 Å². The zero-order chi connectivity index (χ0) is 33.4. The fourth-order valence-corrected chi connectivity index (χ4v) is 6.57. The van der Waals surface area contributed by atoms with Crippen molar-refractivity contribution in [2.24, 2.45) is 13.0 Å². The second-order valence-electron chi connectivity index (χ2n) is 12.9. The van der Waals surface area contributed by atoms with E-state index in [-0.39, 0.29) is 23.8 Å². The molecule has 0 radical (unpaired) electrons. The Morgan fingerprint density at radius 3 is 2.56 bits per heavy atom. The number of carbonyl (C=O) groups is 2. The van der Waals surface area contributed by atoms with Gasteiger partial charge in [0.05, 0.1) is 24.2 Å². The summed E-state index contributed by atoms with van der Waals surface area (Å²) in [4.78, 5) is 42.1. The molecule has 0 unspecified atom stereocenters. The number of nitrogens with zero attached hydrogens (tertiary/aromatic N) is 10. The number of nitrogens with one attached hydrogen (secondary N) is 1. The van der Waals surface area contributed by atoms with Crippen molar-refractivity contribution in [3.8, 4) is 22.6 Å². The molecule has 4 aromatic heterocycles. The third kappa shape index (κ3) is 6.25. The zero-order valence-corrected chi connectivity index (χ0v) is 27.9. The number of H-pyrrole nitrogens is 1. The average molecular weight is 648 g/mol. The van der Waals surface area contributed by atoms with Gasteiger partial charge in [0.1, 0.15) is 23.4 Å². The van der Waals surface area contributed by atoms with Gasteiger partial charge in [0.2, 0.25) is 11.8 Å². The number of aromatic nitrogens is 8. The van der Waals surface area contributed by atoms with Gasteiger partial charge in [-0.1, -0.05) is 30.3 Å². The van der Waals surface area contributed by atoms with Crippen LogP contribution in [0, 0.1) is 5.92 Å². The molecule has 13 heteroatoms. The molecule has 1 fully saturated rings. The molecule has 6 heterocycles. The molecule has 0 bridgehead atoms. The van der Waals surface area contributed by atoms with Gasteiger partial charge in [0, 0.05) is 56.6 Å². The Hall–Kier alpha value is -5.17. The number of benzene rings is 1. The summed E-state index contributed by atoms with van der Waals surface area (Å²) in [6.45, 7) is 9.46. The second-order valence-corrected chi connectivity index (χ2v) is 12.9. The fourth-order valence-electron chi connectivity index (χ4n) is 6.57. The summed E-state index contributed by atoms with van der Waals surface area (Å²) in [7, 11) is 1.86. The van der Waals surface area contributed by atoms with Crippen LogP contribution in [-0.2, 0) is 16.6 Å². The Kier molecular flexibility index (Phi) is 8.61. The van der Waals surface area contributed by atoms with Gasteiger partial charge >= 0.3 is 0 Å². The van der Waals surface area contributed by atoms with E-state index in [9.17, 15) is 9.59 Å². The van der Waals surface area contributed by atoms with Crippen LogP contribution in [0.1, 0.15) is 45.2 Å². The summed E-state index contributed by atoms with van der Waals surface area (Å²) in [5.41, 5.74) is 6.47. The Morgan fingerprint density at radius 2 is 1.88 bits per heavy atom. The van der Waals surface area contributed by atoms with Gasteiger partial charge in [-0.2, -0.15) is 15.3 Å². The quantitative estimate of drug-likeness (QED) is 0.252. The molecule has 1 N–H and O–H groups in total. The summed E-state index contributed by atoms with van der Waals surface area (Å²) in [6, 6.07) is 12.3. The van der Waals surface area contributed by atoms with Crippen molar-refractivity contribution >= 4 is 34.2 Å². The van der Waals surface area contributed by atoms with Crippen LogP contribution in [0.2, 0.25) is 0 Å². The van der Waals surface area contributed by atoms with Crippen molar-refractivity contribution in [3.05, 3.63) is 66.8 Å². The average Bonchev–Trinajstić information content (AvgIpc) is 3.92. The standard InChI is InChI=1S/C35H41N11O2/c1-5-45(30-11-10-29-33(38-30)32(40-39-29)28-18-37-46(20-28)23(2)3)35(48)27-12-15-43(19-27)21-31(47)44-16-13-25(14-17-44)24-6-8-26(9-7-24)34-36-22-42(4)41-34/h6-11,13,18,20,22-23,27H,5,12,14-17,19,21H2,1-4H3,(H,39,40)/t27-/m1/s1. The number of amides is 2. The Balaban J connectivity index is 0.955. The number of carbonyl (C=O) groups excluding carboxylic acids is 2. The number of hydrogen-bond acceptors (Lipinski definition) is 8. The summed E-state index contributed by atoms with van der Waals surface area (Å²) >= 11 is 0. The summed E-state index contributed by atoms with van der Waals surface area (Å²) in [6.07, 6.45) is 9.11. The van der Waals surface area contributed by atoms with E-state index in [0.29, 0.717) is 68.5 Å². The lowest BCUT2D eigenvalue weighted by Crippen LogP contribution is -2.42. The molecule has 248 valence electrons. The van der Waals surface area contributed by atoms with Crippen LogP contribution >= 0.6 is 0 Å². The summed E-state index contributed by atoms with van der Waals surface area (Å²) in [5.74, 6) is 1.25. The molecule has 2 amide bonds. The van der Waals surface area contributed by atoms with E-state index >= 15 is 0 Å². The smallest absolute Gasteiger partial charge is 0.237 e. The molecule has 0 saturated carbocycles. The lowest BCUT2D eigenvalue weighted by Gasteiger charge is -2.29. The maximum Gasteiger partial charge on any atom is 0.237 e. The molecule has 48 heavy (non-hydrogen) atoms. The van der Waals surface area contributed by atoms with Gasteiger partial charge in [-0.05, 0) is 63.4 Å². The highest BCUT2D eigenvalue weighted by Crippen LogP contribution is 2.29. The maximum absolute atomic E-state index is 13.8. The first-order chi connectivity index (χ1) is 23.3. The number of pyridine rings is 1. The maximum atomic E-state index is 13.8. The fraction of sp³-hybridized carbons (Fsp3) is 0.400. The SMILES string of the molecule is CCN(C(=O)[C@@H]1CCN(CC(=O)N2CC=C(c3ccc(-c4ncn(C)n4)cc3)CC2)C1)c1ccc2[nH]nc(-c3cnn(C(C)C)c3)c2n1. The highest BCUT2D eigenvalue weighted by molar-refractivity contribution is 5.97. The molecule has 1 aromatic carbocycles. The first kappa shape index (κ1) is 31.4. The normalized spacial score (nSPS) is 17.0. The topological polar surface area (TPSA) is 134 Å². The molecule has 2 aliphatic heterocycles. The van der Waals surface area contributed by atoms with Crippen LogP contribution in [0.3, 0.4) is 0 Å². The van der Waals surface area contributed by atoms with Crippen molar-refractivity contribution in [1.82, 2.24) is 49.5 Å². The number of fused-ring (bicyclic) bond motifs is 1. The minimum Gasteiger partial charge on any atom is -0.338 e. The van der Waals surface area contributed by atoms with Gasteiger partial charge in [0.25, 0.3) is 0 Å². The van der Waals surface area contributed by atoms with Crippen LogP contribution in [0.15, 0.2) is 61.2 Å². The monoisotopic (exact) mass is 647 g/mol. The highest BCUT2D eigenvalue weighted by Gasteiger charge is 2.34. The van der Waals surface area contributed by atoms with Crippen molar-refractivity contribution in [3.63, 3.8) is 0 Å². The van der Waals surface area contributed by atoms with E-state index in [1.165, 1.54) is 5.57 Å². The first-order valence-corrected chi connectivity index (χ1v) is 16.6. The van der Waals surface area contributed by atoms with Crippen molar-refractivity contribution in [1.29, 1.82) is 0 Å². The van der Waals surface area contributed by atoms with Gasteiger partial charge in [-0.3, -0.25) is 33.9 Å². The number of rotatable bonds is 9. The van der Waals surface area contributed by atoms with E-state index in [0.717, 1.165) is 28.6 Å². The first-order valence-electron chi connectivity index (χ1n) is 16.6. The van der Waals surface area contributed by atoms with Crippen molar-refractivity contribution in [2.45, 2.75) is 39.7 Å². The summed E-state index contributed by atoms with van der Waals surface area (Å²) < 4.78 is 3.58. The Morgan fingerprint density at radius 1 is 1.06 bits per heavy atom. The van der Waals surface area contributed by atoms with Gasteiger partial charge in [0.15, 0.2) is 5.82 Å². The number of aromatic amines is 1. The molecular weight excluding hydrogens is 606 g/mol. The number of likely N-dealkylation sites (tertiary alicyclic amines) is 1. The van der Waals surface area contributed by atoms with E-state index in [1.54, 1.807) is 22.1 Å². The highest BCUT2D eigenvalue weighted by atomic mass is 16.2. The van der Waals surface area contributed by atoms with Gasteiger partial charge in [-0.25, -0.2) is 9.97 Å². The zero-order valence-electron chi connectivity index (χ0n) is 27.9. The lowest BCUT2D eigenvalue weighted by molar-refractivity contribution is -0.132. The molecule has 5 aromatic rings. The molecule has 1 saturated heterocycles. The van der Waals surface area contributed by atoms with Crippen molar-refractivity contribution in [2.75, 3.05) is 44.2 Å². The minimum atomic E-state index is -0.194. The van der Waals surface area contributed by atoms with Gasteiger partial charge in [-0.15, -0.1) is 0 Å².